The Labute approximate surface area is 169 Å². The summed E-state index contributed by atoms with van der Waals surface area (Å²) >= 11 is 0. The summed E-state index contributed by atoms with van der Waals surface area (Å²) in [5.41, 5.74) is 0. The zero-order chi connectivity index (χ0) is 15.5. The van der Waals surface area contributed by atoms with Crippen LogP contribution in [0.1, 0.15) is 14.3 Å². The van der Waals surface area contributed by atoms with Crippen molar-refractivity contribution in [3.8, 4) is 0 Å². The molecule has 0 fully saturated rings. The maximum Gasteiger partial charge on any atom is 1.00 e. The molecule has 0 nitrogen and oxygen atoms in total. The van der Waals surface area contributed by atoms with Gasteiger partial charge in [-0.05, 0) is 23.2 Å². The van der Waals surface area contributed by atoms with Gasteiger partial charge in [0, 0.05) is 0 Å². The Kier molecular flexibility index (Phi) is 5.57. The summed E-state index contributed by atoms with van der Waals surface area (Å²) in [5.74, 6) is 0. The van der Waals surface area contributed by atoms with Gasteiger partial charge in [0.15, 0.2) is 8.07 Å². The van der Waals surface area contributed by atoms with Gasteiger partial charge in [0.2, 0.25) is 0 Å². The van der Waals surface area contributed by atoms with Crippen LogP contribution >= 0.6 is 0 Å². The van der Waals surface area contributed by atoms with E-state index in [0.717, 1.165) is 12.8 Å². The van der Waals surface area contributed by atoms with Gasteiger partial charge in [0.1, 0.15) is 0 Å². The monoisotopic (exact) mass is 336 g/mol. The summed E-state index contributed by atoms with van der Waals surface area (Å²) in [6.45, 7) is 0. The zero-order valence-corrected chi connectivity index (χ0v) is 17.2. The number of hydrogen-bond acceptors (Lipinski definition) is 0. The van der Waals surface area contributed by atoms with E-state index < -0.39 is 8.07 Å². The summed E-state index contributed by atoms with van der Waals surface area (Å²) < 4.78 is 0. The van der Waals surface area contributed by atoms with E-state index in [1.807, 2.05) is 0 Å². The van der Waals surface area contributed by atoms with E-state index in [1.54, 1.807) is 10.4 Å². The van der Waals surface area contributed by atoms with Crippen LogP contribution in [0.2, 0.25) is 0 Å². The fourth-order valence-electron chi connectivity index (χ4n) is 3.94. The van der Waals surface area contributed by atoms with Crippen LogP contribution in [0.25, 0.3) is 0 Å². The van der Waals surface area contributed by atoms with E-state index >= 15 is 0 Å². The quantitative estimate of drug-likeness (QED) is 0.737. The van der Waals surface area contributed by atoms with Crippen LogP contribution in [0.4, 0.5) is 0 Å². The first-order valence-corrected chi connectivity index (χ1v) is 10.3. The molecule has 2 aromatic carbocycles. The Morgan fingerprint density at radius 1 is 0.625 bits per heavy atom. The summed E-state index contributed by atoms with van der Waals surface area (Å²) in [4.78, 5) is 0. The Hall–Kier alpha value is -1.38. The SMILES string of the molecule is C1=CCC([Si](C2=CC=CC2)(c2ccccc2)c2ccccc2)=C1.[H-].[Na+]. The third kappa shape index (κ3) is 2.87. The van der Waals surface area contributed by atoms with Crippen molar-refractivity contribution in [1.29, 1.82) is 0 Å². The van der Waals surface area contributed by atoms with Crippen LogP contribution in [0.15, 0.2) is 108 Å². The molecule has 0 spiro atoms. The molecule has 2 aliphatic carbocycles. The van der Waals surface area contributed by atoms with Gasteiger partial charge < -0.3 is 1.43 Å². The van der Waals surface area contributed by atoms with Crippen molar-refractivity contribution in [1.82, 2.24) is 0 Å². The average molecular weight is 336 g/mol. The Bertz CT molecular complexity index is 748. The molecule has 0 heterocycles. The average Bonchev–Trinajstić information content (AvgIpc) is 3.32. The minimum atomic E-state index is -2.08. The Balaban J connectivity index is 0.00000113. The molecule has 0 saturated heterocycles. The van der Waals surface area contributed by atoms with Crippen LogP contribution in [0.3, 0.4) is 0 Å². The van der Waals surface area contributed by atoms with Crippen LogP contribution in [-0.4, -0.2) is 8.07 Å². The molecule has 0 aromatic heterocycles. The van der Waals surface area contributed by atoms with Crippen molar-refractivity contribution in [2.45, 2.75) is 12.8 Å². The molecular weight excluding hydrogens is 315 g/mol. The molecule has 0 saturated carbocycles. The van der Waals surface area contributed by atoms with Gasteiger partial charge >= 0.3 is 29.6 Å². The maximum atomic E-state index is 2.37. The Morgan fingerprint density at radius 2 is 1.04 bits per heavy atom. The molecule has 4 rings (SSSR count). The van der Waals surface area contributed by atoms with Crippen molar-refractivity contribution < 1.29 is 31.0 Å². The van der Waals surface area contributed by atoms with Crippen molar-refractivity contribution in [2.24, 2.45) is 0 Å². The van der Waals surface area contributed by atoms with Crippen LogP contribution in [0, 0.1) is 0 Å². The second kappa shape index (κ2) is 7.67. The third-order valence-corrected chi connectivity index (χ3v) is 9.99. The summed E-state index contributed by atoms with van der Waals surface area (Å²) in [5, 5.41) is 6.20. The van der Waals surface area contributed by atoms with Crippen molar-refractivity contribution in [2.75, 3.05) is 0 Å². The number of rotatable bonds is 4. The number of benzene rings is 2. The van der Waals surface area contributed by atoms with Gasteiger partial charge in [-0.1, -0.05) is 108 Å². The molecule has 0 radical (unpaired) electrons. The summed E-state index contributed by atoms with van der Waals surface area (Å²) in [6, 6.07) is 22.3. The van der Waals surface area contributed by atoms with E-state index in [-0.39, 0.29) is 31.0 Å². The topological polar surface area (TPSA) is 0 Å². The maximum absolute atomic E-state index is 2.37. The van der Waals surface area contributed by atoms with Crippen LogP contribution in [0.5, 0.6) is 0 Å². The van der Waals surface area contributed by atoms with Crippen LogP contribution < -0.4 is 39.9 Å². The minimum Gasteiger partial charge on any atom is -1.00 e. The molecule has 2 heteroatoms. The molecule has 0 amide bonds. The van der Waals surface area contributed by atoms with E-state index in [0.29, 0.717) is 0 Å². The zero-order valence-electron chi connectivity index (χ0n) is 15.2. The molecule has 0 atom stereocenters. The summed E-state index contributed by atoms with van der Waals surface area (Å²) in [7, 11) is -2.08. The molecular formula is C22H21NaSi. The summed E-state index contributed by atoms with van der Waals surface area (Å²) in [6.07, 6.45) is 15.9. The molecule has 2 aliphatic rings. The molecule has 0 aliphatic heterocycles. The second-order valence-corrected chi connectivity index (χ2v) is 10.1. The molecule has 0 N–H and O–H groups in total. The van der Waals surface area contributed by atoms with Gasteiger partial charge in [0.25, 0.3) is 0 Å². The Morgan fingerprint density at radius 3 is 1.38 bits per heavy atom. The third-order valence-electron chi connectivity index (χ3n) is 4.92. The van der Waals surface area contributed by atoms with E-state index in [2.05, 4.69) is 97.1 Å². The van der Waals surface area contributed by atoms with E-state index in [4.69, 9.17) is 0 Å². The predicted octanol–water partition coefficient (Wildman–Crippen LogP) is 1.22. The minimum absolute atomic E-state index is 0. The first-order chi connectivity index (χ1) is 11.4. The number of allylic oxidation sites excluding steroid dienone is 8. The van der Waals surface area contributed by atoms with E-state index in [9.17, 15) is 0 Å². The number of hydrogen-bond donors (Lipinski definition) is 0. The molecule has 2 aromatic rings. The first-order valence-electron chi connectivity index (χ1n) is 8.26. The van der Waals surface area contributed by atoms with Crippen molar-refractivity contribution >= 4 is 18.4 Å². The standard InChI is InChI=1S/C22H20Si.Na.H/c1-3-11-19(12-4-1)23(21-15-7-8-16-21,22-17-9-10-18-22)20-13-5-2-6-14-20;;/h1-15,17H,16,18H2;;/q;+1;-1. The fourth-order valence-corrected chi connectivity index (χ4v) is 9.10. The second-order valence-electron chi connectivity index (χ2n) is 6.13. The van der Waals surface area contributed by atoms with Gasteiger partial charge in [-0.2, -0.15) is 0 Å². The molecule has 0 bridgehead atoms. The largest absolute Gasteiger partial charge is 1.00 e. The fraction of sp³-hybridized carbons (Fsp3) is 0.0909. The molecule has 114 valence electrons. The van der Waals surface area contributed by atoms with Crippen molar-refractivity contribution in [3.63, 3.8) is 0 Å². The smallest absolute Gasteiger partial charge is 1.00 e. The van der Waals surface area contributed by atoms with Gasteiger partial charge in [-0.15, -0.1) is 0 Å². The molecule has 0 unspecified atom stereocenters. The van der Waals surface area contributed by atoms with Crippen LogP contribution in [-0.2, 0) is 0 Å². The van der Waals surface area contributed by atoms with Gasteiger partial charge in [-0.3, -0.25) is 0 Å². The normalized spacial score (nSPS) is 15.8. The molecule has 24 heavy (non-hydrogen) atoms. The predicted molar refractivity (Wildman–Crippen MR) is 103 cm³/mol. The van der Waals surface area contributed by atoms with Crippen molar-refractivity contribution in [3.05, 3.63) is 108 Å². The van der Waals surface area contributed by atoms with E-state index in [1.165, 1.54) is 10.4 Å². The first kappa shape index (κ1) is 17.4. The van der Waals surface area contributed by atoms with Gasteiger partial charge in [-0.25, -0.2) is 0 Å². The van der Waals surface area contributed by atoms with Gasteiger partial charge in [0.05, 0.1) is 0 Å².